The van der Waals surface area contributed by atoms with Crippen LogP contribution in [0.5, 0.6) is 0 Å². The second kappa shape index (κ2) is 6.04. The lowest BCUT2D eigenvalue weighted by Gasteiger charge is -2.28. The monoisotopic (exact) mass is 233 g/mol. The zero-order chi connectivity index (χ0) is 12.8. The van der Waals surface area contributed by atoms with E-state index in [1.165, 1.54) is 6.33 Å². The Morgan fingerprint density at radius 1 is 1.47 bits per heavy atom. The molecule has 0 bridgehead atoms. The second-order valence-electron chi connectivity index (χ2n) is 4.11. The molecule has 1 aromatic heterocycles. The zero-order valence-corrected chi connectivity index (χ0v) is 10.6. The molecule has 0 atom stereocenters. The first-order chi connectivity index (χ1) is 8.11. The van der Waals surface area contributed by atoms with Gasteiger partial charge in [-0.05, 0) is 20.3 Å². The van der Waals surface area contributed by atoms with Crippen molar-refractivity contribution >= 4 is 11.6 Å². The fourth-order valence-electron chi connectivity index (χ4n) is 1.78. The summed E-state index contributed by atoms with van der Waals surface area (Å²) in [5.74, 6) is 1.38. The standard InChI is InChI=1S/C12H19N5/c1-4-10-11(14)15-8-16-12(10)17(9(2)3)7-5-6-13/h8-9H,4-5,7H2,1-3H3,(H2,14,15,16). The molecule has 0 saturated carbocycles. The Balaban J connectivity index is 3.09. The minimum Gasteiger partial charge on any atom is -0.383 e. The van der Waals surface area contributed by atoms with Crippen molar-refractivity contribution < 1.29 is 0 Å². The van der Waals surface area contributed by atoms with Crippen LogP contribution in [0.2, 0.25) is 0 Å². The second-order valence-corrected chi connectivity index (χ2v) is 4.11. The van der Waals surface area contributed by atoms with E-state index in [1.54, 1.807) is 0 Å². The largest absolute Gasteiger partial charge is 0.383 e. The molecule has 5 heteroatoms. The van der Waals surface area contributed by atoms with Gasteiger partial charge in [0.15, 0.2) is 0 Å². The van der Waals surface area contributed by atoms with Crippen molar-refractivity contribution in [2.45, 2.75) is 39.7 Å². The Bertz CT molecular complexity index is 408. The number of nitriles is 1. The molecule has 17 heavy (non-hydrogen) atoms. The normalized spacial score (nSPS) is 10.3. The van der Waals surface area contributed by atoms with Crippen LogP contribution in [0, 0.1) is 11.3 Å². The molecule has 2 N–H and O–H groups in total. The predicted molar refractivity (Wildman–Crippen MR) is 68.5 cm³/mol. The summed E-state index contributed by atoms with van der Waals surface area (Å²) in [5, 5.41) is 8.69. The molecule has 0 aromatic carbocycles. The average molecular weight is 233 g/mol. The number of nitrogen functional groups attached to an aromatic ring is 1. The van der Waals surface area contributed by atoms with Crippen molar-refractivity contribution in [1.82, 2.24) is 9.97 Å². The lowest BCUT2D eigenvalue weighted by atomic mass is 10.1. The lowest BCUT2D eigenvalue weighted by Crippen LogP contribution is -2.33. The minimum absolute atomic E-state index is 0.281. The van der Waals surface area contributed by atoms with Gasteiger partial charge in [0.05, 0.1) is 12.5 Å². The summed E-state index contributed by atoms with van der Waals surface area (Å²) in [7, 11) is 0. The van der Waals surface area contributed by atoms with Crippen LogP contribution in [0.4, 0.5) is 11.6 Å². The maximum absolute atomic E-state index is 8.69. The van der Waals surface area contributed by atoms with Gasteiger partial charge in [-0.25, -0.2) is 9.97 Å². The highest BCUT2D eigenvalue weighted by atomic mass is 15.2. The summed E-state index contributed by atoms with van der Waals surface area (Å²) in [5.41, 5.74) is 6.81. The number of aromatic nitrogens is 2. The first-order valence-corrected chi connectivity index (χ1v) is 5.84. The maximum Gasteiger partial charge on any atom is 0.137 e. The van der Waals surface area contributed by atoms with Crippen LogP contribution in [0.1, 0.15) is 32.8 Å². The molecule has 0 fully saturated rings. The molecule has 0 saturated heterocycles. The molecular formula is C12H19N5. The maximum atomic E-state index is 8.69. The first kappa shape index (κ1) is 13.2. The SMILES string of the molecule is CCc1c(N)ncnc1N(CCC#N)C(C)C. The van der Waals surface area contributed by atoms with Crippen molar-refractivity contribution in [1.29, 1.82) is 5.26 Å². The van der Waals surface area contributed by atoms with E-state index in [2.05, 4.69) is 34.8 Å². The van der Waals surface area contributed by atoms with Gasteiger partial charge < -0.3 is 10.6 Å². The molecule has 92 valence electrons. The van der Waals surface area contributed by atoms with Gasteiger partial charge in [0.1, 0.15) is 18.0 Å². The van der Waals surface area contributed by atoms with E-state index in [1.807, 2.05) is 6.92 Å². The zero-order valence-electron chi connectivity index (χ0n) is 10.6. The summed E-state index contributed by atoms with van der Waals surface area (Å²) < 4.78 is 0. The van der Waals surface area contributed by atoms with E-state index in [0.717, 1.165) is 17.8 Å². The van der Waals surface area contributed by atoms with Crippen molar-refractivity contribution in [2.24, 2.45) is 0 Å². The highest BCUT2D eigenvalue weighted by Gasteiger charge is 2.17. The Morgan fingerprint density at radius 3 is 2.71 bits per heavy atom. The molecule has 0 aliphatic heterocycles. The minimum atomic E-state index is 0.281. The van der Waals surface area contributed by atoms with Crippen LogP contribution >= 0.6 is 0 Å². The number of hydrogen-bond donors (Lipinski definition) is 1. The van der Waals surface area contributed by atoms with Crippen molar-refractivity contribution in [3.05, 3.63) is 11.9 Å². The highest BCUT2D eigenvalue weighted by molar-refractivity contribution is 5.57. The third-order valence-electron chi connectivity index (χ3n) is 2.67. The van der Waals surface area contributed by atoms with E-state index in [-0.39, 0.29) is 6.04 Å². The topological polar surface area (TPSA) is 78.8 Å². The molecule has 0 spiro atoms. The number of hydrogen-bond acceptors (Lipinski definition) is 5. The van der Waals surface area contributed by atoms with Gasteiger partial charge in [0.2, 0.25) is 0 Å². The quantitative estimate of drug-likeness (QED) is 0.838. The molecule has 0 radical (unpaired) electrons. The summed E-state index contributed by atoms with van der Waals surface area (Å²) in [6.45, 7) is 6.85. The molecule has 0 unspecified atom stereocenters. The lowest BCUT2D eigenvalue weighted by molar-refractivity contribution is 0.671. The predicted octanol–water partition coefficient (Wildman–Crippen LogP) is 1.75. The molecule has 0 aliphatic rings. The molecule has 1 aromatic rings. The molecule has 1 heterocycles. The Morgan fingerprint density at radius 2 is 2.18 bits per heavy atom. The van der Waals surface area contributed by atoms with Gasteiger partial charge in [-0.15, -0.1) is 0 Å². The van der Waals surface area contributed by atoms with E-state index < -0.39 is 0 Å². The summed E-state index contributed by atoms with van der Waals surface area (Å²) in [6.07, 6.45) is 2.74. The fraction of sp³-hybridized carbons (Fsp3) is 0.583. The third-order valence-corrected chi connectivity index (χ3v) is 2.67. The van der Waals surface area contributed by atoms with Gasteiger partial charge in [-0.3, -0.25) is 0 Å². The van der Waals surface area contributed by atoms with Crippen molar-refractivity contribution in [3.63, 3.8) is 0 Å². The summed E-state index contributed by atoms with van der Waals surface area (Å²) in [6, 6.07) is 2.44. The van der Waals surface area contributed by atoms with Gasteiger partial charge in [0.25, 0.3) is 0 Å². The van der Waals surface area contributed by atoms with Crippen LogP contribution in [-0.2, 0) is 6.42 Å². The van der Waals surface area contributed by atoms with Crippen molar-refractivity contribution in [2.75, 3.05) is 17.2 Å². The van der Waals surface area contributed by atoms with Crippen molar-refractivity contribution in [3.8, 4) is 6.07 Å². The van der Waals surface area contributed by atoms with E-state index in [0.29, 0.717) is 18.8 Å². The molecule has 5 nitrogen and oxygen atoms in total. The van der Waals surface area contributed by atoms with Gasteiger partial charge in [-0.2, -0.15) is 5.26 Å². The smallest absolute Gasteiger partial charge is 0.137 e. The Kier molecular flexibility index (Phi) is 4.70. The van der Waals surface area contributed by atoms with Crippen LogP contribution in [0.15, 0.2) is 6.33 Å². The van der Waals surface area contributed by atoms with E-state index in [4.69, 9.17) is 11.0 Å². The average Bonchev–Trinajstić information content (AvgIpc) is 2.29. The fourth-order valence-corrected chi connectivity index (χ4v) is 1.78. The number of rotatable bonds is 5. The third kappa shape index (κ3) is 3.06. The molecule has 0 amide bonds. The van der Waals surface area contributed by atoms with E-state index >= 15 is 0 Å². The summed E-state index contributed by atoms with van der Waals surface area (Å²) in [4.78, 5) is 10.4. The van der Waals surface area contributed by atoms with Crippen LogP contribution < -0.4 is 10.6 Å². The number of nitrogens with zero attached hydrogens (tertiary/aromatic N) is 4. The van der Waals surface area contributed by atoms with Crippen LogP contribution in [0.25, 0.3) is 0 Å². The Labute approximate surface area is 102 Å². The van der Waals surface area contributed by atoms with Gasteiger partial charge in [-0.1, -0.05) is 6.92 Å². The first-order valence-electron chi connectivity index (χ1n) is 5.84. The summed E-state index contributed by atoms with van der Waals surface area (Å²) >= 11 is 0. The Hall–Kier alpha value is -1.83. The van der Waals surface area contributed by atoms with Crippen LogP contribution in [-0.4, -0.2) is 22.6 Å². The van der Waals surface area contributed by atoms with Gasteiger partial charge in [0, 0.05) is 18.2 Å². The van der Waals surface area contributed by atoms with E-state index in [9.17, 15) is 0 Å². The van der Waals surface area contributed by atoms with Crippen LogP contribution in [0.3, 0.4) is 0 Å². The number of anilines is 2. The molecule has 0 aliphatic carbocycles. The molecule has 1 rings (SSSR count). The van der Waals surface area contributed by atoms with Gasteiger partial charge >= 0.3 is 0 Å². The molecular weight excluding hydrogens is 214 g/mol. The highest BCUT2D eigenvalue weighted by Crippen LogP contribution is 2.23. The number of nitrogens with two attached hydrogens (primary N) is 1.